The fourth-order valence-corrected chi connectivity index (χ4v) is 1.43. The average Bonchev–Trinajstić information content (AvgIpc) is 2.72. The van der Waals surface area contributed by atoms with Crippen molar-refractivity contribution in [3.05, 3.63) is 42.2 Å². The second-order valence-electron chi connectivity index (χ2n) is 3.79. The van der Waals surface area contributed by atoms with Crippen LogP contribution in [0.5, 0.6) is 11.5 Å². The van der Waals surface area contributed by atoms with Crippen molar-refractivity contribution in [1.82, 2.24) is 9.78 Å². The lowest BCUT2D eigenvalue weighted by Crippen LogP contribution is -2.16. The van der Waals surface area contributed by atoms with Gasteiger partial charge in [-0.2, -0.15) is 5.10 Å². The Balaban J connectivity index is 1.91. The lowest BCUT2D eigenvalue weighted by atomic mass is 10.3. The number of rotatable bonds is 4. The van der Waals surface area contributed by atoms with Crippen molar-refractivity contribution in [2.24, 2.45) is 7.05 Å². The highest BCUT2D eigenvalue weighted by Crippen LogP contribution is 2.24. The minimum Gasteiger partial charge on any atom is -0.487 e. The summed E-state index contributed by atoms with van der Waals surface area (Å²) in [6, 6.07) is 7.00. The van der Waals surface area contributed by atoms with Gasteiger partial charge in [0.25, 0.3) is 0 Å². The Kier molecular flexibility index (Phi) is 3.64. The summed E-state index contributed by atoms with van der Waals surface area (Å²) in [5, 5.41) is 4.11. The standard InChI is InChI=1S/C12H11F3N2O2/c1-17-7-6-9(16-17)8-18-10-2-4-11(5-3-10)19-12(13,14)15/h2-7H,8H2,1H3. The molecule has 0 fully saturated rings. The predicted octanol–water partition coefficient (Wildman–Crippen LogP) is 2.90. The summed E-state index contributed by atoms with van der Waals surface area (Å²) in [5.74, 6) is 0.165. The van der Waals surface area contributed by atoms with E-state index in [9.17, 15) is 13.2 Å². The third-order valence-corrected chi connectivity index (χ3v) is 2.21. The predicted molar refractivity (Wildman–Crippen MR) is 60.7 cm³/mol. The number of aryl methyl sites for hydroxylation is 1. The van der Waals surface area contributed by atoms with Gasteiger partial charge in [-0.15, -0.1) is 13.2 Å². The van der Waals surface area contributed by atoms with Crippen LogP contribution in [0.15, 0.2) is 36.5 Å². The second-order valence-corrected chi connectivity index (χ2v) is 3.79. The zero-order valence-electron chi connectivity index (χ0n) is 10.0. The molecule has 1 heterocycles. The normalized spacial score (nSPS) is 11.4. The van der Waals surface area contributed by atoms with E-state index >= 15 is 0 Å². The number of benzene rings is 1. The van der Waals surface area contributed by atoms with Gasteiger partial charge in [0.15, 0.2) is 0 Å². The van der Waals surface area contributed by atoms with Gasteiger partial charge in [0.1, 0.15) is 18.1 Å². The number of hydrogen-bond acceptors (Lipinski definition) is 3. The van der Waals surface area contributed by atoms with Gasteiger partial charge in [0, 0.05) is 13.2 Å². The molecule has 0 aliphatic carbocycles. The second kappa shape index (κ2) is 5.21. The Morgan fingerprint density at radius 2 is 1.74 bits per heavy atom. The van der Waals surface area contributed by atoms with Gasteiger partial charge in [-0.25, -0.2) is 0 Å². The topological polar surface area (TPSA) is 36.3 Å². The van der Waals surface area contributed by atoms with Crippen molar-refractivity contribution in [2.45, 2.75) is 13.0 Å². The number of hydrogen-bond donors (Lipinski definition) is 0. The molecule has 0 spiro atoms. The molecule has 2 aromatic rings. The van der Waals surface area contributed by atoms with Gasteiger partial charge in [-0.05, 0) is 30.3 Å². The third-order valence-electron chi connectivity index (χ3n) is 2.21. The Morgan fingerprint density at radius 3 is 2.26 bits per heavy atom. The third kappa shape index (κ3) is 4.20. The average molecular weight is 272 g/mol. The van der Waals surface area contributed by atoms with Crippen molar-refractivity contribution in [3.63, 3.8) is 0 Å². The molecule has 0 radical (unpaired) electrons. The van der Waals surface area contributed by atoms with Gasteiger partial charge in [-0.3, -0.25) is 4.68 Å². The molecule has 4 nitrogen and oxygen atoms in total. The number of nitrogens with zero attached hydrogens (tertiary/aromatic N) is 2. The van der Waals surface area contributed by atoms with Crippen LogP contribution in [0.25, 0.3) is 0 Å². The molecule has 1 aromatic heterocycles. The molecular formula is C12H11F3N2O2. The Bertz CT molecular complexity index is 535. The van der Waals surface area contributed by atoms with Gasteiger partial charge in [0.2, 0.25) is 0 Å². The molecule has 0 atom stereocenters. The summed E-state index contributed by atoms with van der Waals surface area (Å²) in [6.07, 6.45) is -2.91. The molecule has 0 amide bonds. The summed E-state index contributed by atoms with van der Waals surface area (Å²) in [4.78, 5) is 0. The Morgan fingerprint density at radius 1 is 1.11 bits per heavy atom. The zero-order valence-corrected chi connectivity index (χ0v) is 10.0. The summed E-state index contributed by atoms with van der Waals surface area (Å²) in [6.45, 7) is 0.250. The van der Waals surface area contributed by atoms with Crippen molar-refractivity contribution in [1.29, 1.82) is 0 Å². The molecule has 0 N–H and O–H groups in total. The van der Waals surface area contributed by atoms with Gasteiger partial charge in [-0.1, -0.05) is 0 Å². The van der Waals surface area contributed by atoms with Crippen molar-refractivity contribution in [3.8, 4) is 11.5 Å². The Hall–Kier alpha value is -2.18. The lowest BCUT2D eigenvalue weighted by molar-refractivity contribution is -0.274. The van der Waals surface area contributed by atoms with E-state index in [1.807, 2.05) is 0 Å². The van der Waals surface area contributed by atoms with Crippen molar-refractivity contribution < 1.29 is 22.6 Å². The smallest absolute Gasteiger partial charge is 0.487 e. The van der Waals surface area contributed by atoms with E-state index in [0.29, 0.717) is 5.75 Å². The van der Waals surface area contributed by atoms with Crippen LogP contribution in [0, 0.1) is 0 Å². The maximum absolute atomic E-state index is 11.9. The van der Waals surface area contributed by atoms with E-state index in [2.05, 4.69) is 9.84 Å². The maximum atomic E-state index is 11.9. The van der Waals surface area contributed by atoms with Crippen LogP contribution in [0.1, 0.15) is 5.69 Å². The molecule has 0 aliphatic rings. The van der Waals surface area contributed by atoms with Gasteiger partial charge < -0.3 is 9.47 Å². The first-order valence-corrected chi connectivity index (χ1v) is 5.39. The first-order chi connectivity index (χ1) is 8.92. The quantitative estimate of drug-likeness (QED) is 0.858. The zero-order chi connectivity index (χ0) is 13.9. The summed E-state index contributed by atoms with van der Waals surface area (Å²) in [5.41, 5.74) is 0.734. The summed E-state index contributed by atoms with van der Waals surface area (Å²) >= 11 is 0. The molecule has 19 heavy (non-hydrogen) atoms. The fraction of sp³-hybridized carbons (Fsp3) is 0.250. The molecule has 0 aliphatic heterocycles. The van der Waals surface area contributed by atoms with E-state index < -0.39 is 6.36 Å². The highest BCUT2D eigenvalue weighted by molar-refractivity contribution is 5.31. The van der Waals surface area contributed by atoms with Crippen LogP contribution in [0.3, 0.4) is 0 Å². The molecule has 0 saturated carbocycles. The molecule has 0 unspecified atom stereocenters. The van der Waals surface area contributed by atoms with Crippen LogP contribution >= 0.6 is 0 Å². The highest BCUT2D eigenvalue weighted by Gasteiger charge is 2.30. The van der Waals surface area contributed by atoms with Crippen LogP contribution < -0.4 is 9.47 Å². The van der Waals surface area contributed by atoms with Crippen LogP contribution in [-0.4, -0.2) is 16.1 Å². The van der Waals surface area contributed by atoms with Crippen LogP contribution in [-0.2, 0) is 13.7 Å². The van der Waals surface area contributed by atoms with Crippen LogP contribution in [0.2, 0.25) is 0 Å². The highest BCUT2D eigenvalue weighted by atomic mass is 19.4. The molecule has 102 valence electrons. The molecule has 2 rings (SSSR count). The molecule has 1 aromatic carbocycles. The first-order valence-electron chi connectivity index (χ1n) is 5.39. The summed E-state index contributed by atoms with van der Waals surface area (Å²) in [7, 11) is 1.78. The number of aromatic nitrogens is 2. The van der Waals surface area contributed by atoms with E-state index in [1.54, 1.807) is 24.0 Å². The van der Waals surface area contributed by atoms with Crippen LogP contribution in [0.4, 0.5) is 13.2 Å². The van der Waals surface area contributed by atoms with Crippen molar-refractivity contribution in [2.75, 3.05) is 0 Å². The lowest BCUT2D eigenvalue weighted by Gasteiger charge is -2.09. The first kappa shape index (κ1) is 13.3. The SMILES string of the molecule is Cn1ccc(COc2ccc(OC(F)(F)F)cc2)n1. The van der Waals surface area contributed by atoms with E-state index in [-0.39, 0.29) is 12.4 Å². The molecule has 0 saturated heterocycles. The molecule has 7 heteroatoms. The minimum absolute atomic E-state index is 0.250. The fourth-order valence-electron chi connectivity index (χ4n) is 1.43. The van der Waals surface area contributed by atoms with Gasteiger partial charge in [0.05, 0.1) is 5.69 Å². The molecular weight excluding hydrogens is 261 g/mol. The van der Waals surface area contributed by atoms with Gasteiger partial charge >= 0.3 is 6.36 Å². The minimum atomic E-state index is -4.68. The number of halogens is 3. The number of alkyl halides is 3. The largest absolute Gasteiger partial charge is 0.573 e. The Labute approximate surface area is 107 Å². The van der Waals surface area contributed by atoms with Crippen molar-refractivity contribution >= 4 is 0 Å². The van der Waals surface area contributed by atoms with E-state index in [0.717, 1.165) is 5.69 Å². The maximum Gasteiger partial charge on any atom is 0.573 e. The number of ether oxygens (including phenoxy) is 2. The molecule has 0 bridgehead atoms. The van der Waals surface area contributed by atoms with E-state index in [1.165, 1.54) is 24.3 Å². The monoisotopic (exact) mass is 272 g/mol. The van der Waals surface area contributed by atoms with E-state index in [4.69, 9.17) is 4.74 Å². The summed E-state index contributed by atoms with van der Waals surface area (Å²) < 4.78 is 46.6.